The highest BCUT2D eigenvalue weighted by atomic mass is 16.2. The molecule has 1 aliphatic heterocycles. The molecule has 7 nitrogen and oxygen atoms in total. The molecule has 1 amide bonds. The maximum Gasteiger partial charge on any atom is 0.267 e. The quantitative estimate of drug-likeness (QED) is 0.603. The third kappa shape index (κ3) is 5.18. The lowest BCUT2D eigenvalue weighted by Crippen LogP contribution is -2.51. The van der Waals surface area contributed by atoms with Gasteiger partial charge in [-0.15, -0.1) is 0 Å². The smallest absolute Gasteiger partial charge is 0.267 e. The van der Waals surface area contributed by atoms with Crippen LogP contribution >= 0.6 is 0 Å². The minimum atomic E-state index is -0.663. The van der Waals surface area contributed by atoms with Gasteiger partial charge in [0.25, 0.3) is 5.56 Å². The summed E-state index contributed by atoms with van der Waals surface area (Å²) < 4.78 is 1.28. The van der Waals surface area contributed by atoms with Crippen LogP contribution in [0.2, 0.25) is 0 Å². The number of aromatic nitrogens is 3. The largest absolute Gasteiger partial charge is 0.338 e. The van der Waals surface area contributed by atoms with Gasteiger partial charge in [-0.1, -0.05) is 42.5 Å². The molecule has 1 aromatic carbocycles. The molecule has 0 N–H and O–H groups in total. The molecular formula is C25H27N5O2. The molecule has 0 aliphatic carbocycles. The average molecular weight is 430 g/mol. The second kappa shape index (κ2) is 10.2. The fourth-order valence-corrected chi connectivity index (χ4v) is 3.79. The van der Waals surface area contributed by atoms with Gasteiger partial charge in [-0.25, -0.2) is 4.68 Å². The highest BCUT2D eigenvalue weighted by Crippen LogP contribution is 2.16. The molecule has 0 radical (unpaired) electrons. The van der Waals surface area contributed by atoms with Crippen LogP contribution < -0.4 is 5.56 Å². The Morgan fingerprint density at radius 2 is 1.81 bits per heavy atom. The van der Waals surface area contributed by atoms with Crippen molar-refractivity contribution in [2.24, 2.45) is 0 Å². The molecule has 7 heteroatoms. The van der Waals surface area contributed by atoms with Gasteiger partial charge in [-0.2, -0.15) is 5.10 Å². The van der Waals surface area contributed by atoms with E-state index in [-0.39, 0.29) is 11.5 Å². The minimum absolute atomic E-state index is 0.0811. The van der Waals surface area contributed by atoms with Gasteiger partial charge in [0.1, 0.15) is 6.04 Å². The van der Waals surface area contributed by atoms with E-state index in [1.165, 1.54) is 16.3 Å². The first-order valence-corrected chi connectivity index (χ1v) is 10.8. The third-order valence-electron chi connectivity index (χ3n) is 5.66. The van der Waals surface area contributed by atoms with E-state index in [1.807, 2.05) is 35.2 Å². The van der Waals surface area contributed by atoms with E-state index in [0.717, 1.165) is 25.2 Å². The van der Waals surface area contributed by atoms with Crippen molar-refractivity contribution in [2.45, 2.75) is 13.0 Å². The second-order valence-electron chi connectivity index (χ2n) is 7.86. The Labute approximate surface area is 187 Å². The van der Waals surface area contributed by atoms with Crippen molar-refractivity contribution in [3.63, 3.8) is 0 Å². The number of piperazine rings is 1. The average Bonchev–Trinajstić information content (AvgIpc) is 2.85. The number of benzene rings is 1. The van der Waals surface area contributed by atoms with Crippen molar-refractivity contribution in [1.82, 2.24) is 24.6 Å². The van der Waals surface area contributed by atoms with Crippen molar-refractivity contribution >= 4 is 12.0 Å². The number of hydrogen-bond donors (Lipinski definition) is 0. The number of pyridine rings is 1. The van der Waals surface area contributed by atoms with Crippen LogP contribution in [0.4, 0.5) is 0 Å². The summed E-state index contributed by atoms with van der Waals surface area (Å²) in [7, 11) is 0. The van der Waals surface area contributed by atoms with Crippen LogP contribution in [0.15, 0.2) is 77.9 Å². The fraction of sp³-hybridized carbons (Fsp3) is 0.280. The van der Waals surface area contributed by atoms with Crippen LogP contribution in [0.3, 0.4) is 0 Å². The van der Waals surface area contributed by atoms with Gasteiger partial charge in [0.05, 0.1) is 5.69 Å². The predicted octanol–water partition coefficient (Wildman–Crippen LogP) is 2.72. The zero-order valence-corrected chi connectivity index (χ0v) is 18.2. The Kier molecular flexibility index (Phi) is 6.87. The lowest BCUT2D eigenvalue weighted by Gasteiger charge is -2.35. The van der Waals surface area contributed by atoms with Gasteiger partial charge in [-0.05, 0) is 30.7 Å². The molecule has 3 aromatic rings. The molecule has 0 saturated carbocycles. The number of carbonyl (C=O) groups is 1. The van der Waals surface area contributed by atoms with Gasteiger partial charge >= 0.3 is 0 Å². The monoisotopic (exact) mass is 429 g/mol. The topological polar surface area (TPSA) is 71.3 Å². The molecule has 164 valence electrons. The molecule has 3 heterocycles. The lowest BCUT2D eigenvalue weighted by molar-refractivity contribution is -0.136. The first-order chi connectivity index (χ1) is 15.6. The maximum absolute atomic E-state index is 13.1. The Bertz CT molecular complexity index is 1120. The highest BCUT2D eigenvalue weighted by Gasteiger charge is 2.26. The third-order valence-corrected chi connectivity index (χ3v) is 5.66. The number of carbonyl (C=O) groups excluding carboxylic acids is 1. The Hall–Kier alpha value is -3.58. The van der Waals surface area contributed by atoms with E-state index in [0.29, 0.717) is 18.8 Å². The summed E-state index contributed by atoms with van der Waals surface area (Å²) in [5.74, 6) is -0.0811. The predicted molar refractivity (Wildman–Crippen MR) is 125 cm³/mol. The molecule has 4 rings (SSSR count). The van der Waals surface area contributed by atoms with Crippen LogP contribution in [0, 0.1) is 0 Å². The maximum atomic E-state index is 13.1. The summed E-state index contributed by atoms with van der Waals surface area (Å²) >= 11 is 0. The Morgan fingerprint density at radius 1 is 1.03 bits per heavy atom. The summed E-state index contributed by atoms with van der Waals surface area (Å²) in [6.07, 6.45) is 7.65. The molecule has 0 spiro atoms. The molecule has 1 atom stereocenters. The van der Waals surface area contributed by atoms with Crippen LogP contribution in [0.25, 0.3) is 17.3 Å². The zero-order chi connectivity index (χ0) is 22.3. The molecule has 1 aliphatic rings. The zero-order valence-electron chi connectivity index (χ0n) is 18.2. The van der Waals surface area contributed by atoms with Crippen molar-refractivity contribution < 1.29 is 4.79 Å². The van der Waals surface area contributed by atoms with Gasteiger partial charge < -0.3 is 4.90 Å². The summed E-state index contributed by atoms with van der Waals surface area (Å²) in [6, 6.07) is 16.4. The number of amides is 1. The van der Waals surface area contributed by atoms with Gasteiger partial charge in [-0.3, -0.25) is 19.5 Å². The van der Waals surface area contributed by atoms with E-state index in [2.05, 4.69) is 39.3 Å². The van der Waals surface area contributed by atoms with Crippen molar-refractivity contribution in [1.29, 1.82) is 0 Å². The van der Waals surface area contributed by atoms with Gasteiger partial charge in [0, 0.05) is 56.7 Å². The molecule has 1 unspecified atom stereocenters. The first-order valence-electron chi connectivity index (χ1n) is 10.8. The fourth-order valence-electron chi connectivity index (χ4n) is 3.79. The summed E-state index contributed by atoms with van der Waals surface area (Å²) in [4.78, 5) is 33.7. The SMILES string of the molecule is CC(C(=O)N1CCN(CC=Cc2ccccc2)CC1)n1nc(-c2cccnc2)ccc1=O. The van der Waals surface area contributed by atoms with Gasteiger partial charge in [0.15, 0.2) is 0 Å². The van der Waals surface area contributed by atoms with Crippen LogP contribution in [0.5, 0.6) is 0 Å². The molecule has 1 saturated heterocycles. The van der Waals surface area contributed by atoms with E-state index in [4.69, 9.17) is 0 Å². The Morgan fingerprint density at radius 3 is 2.53 bits per heavy atom. The number of nitrogens with zero attached hydrogens (tertiary/aromatic N) is 5. The molecular weight excluding hydrogens is 402 g/mol. The van der Waals surface area contributed by atoms with E-state index >= 15 is 0 Å². The molecule has 2 aromatic heterocycles. The molecule has 1 fully saturated rings. The van der Waals surface area contributed by atoms with Crippen molar-refractivity contribution in [3.8, 4) is 11.3 Å². The number of hydrogen-bond acceptors (Lipinski definition) is 5. The van der Waals surface area contributed by atoms with Crippen LogP contribution in [0.1, 0.15) is 18.5 Å². The van der Waals surface area contributed by atoms with Gasteiger partial charge in [0.2, 0.25) is 5.91 Å². The number of rotatable bonds is 6. The van der Waals surface area contributed by atoms with E-state index < -0.39 is 6.04 Å². The summed E-state index contributed by atoms with van der Waals surface area (Å²) in [5, 5.41) is 4.44. The highest BCUT2D eigenvalue weighted by molar-refractivity contribution is 5.80. The normalized spacial score (nSPS) is 15.7. The van der Waals surface area contributed by atoms with E-state index in [1.54, 1.807) is 25.4 Å². The van der Waals surface area contributed by atoms with E-state index in [9.17, 15) is 9.59 Å². The molecule has 32 heavy (non-hydrogen) atoms. The Balaban J connectivity index is 1.36. The molecule has 0 bridgehead atoms. The second-order valence-corrected chi connectivity index (χ2v) is 7.86. The van der Waals surface area contributed by atoms with Crippen molar-refractivity contribution in [2.75, 3.05) is 32.7 Å². The minimum Gasteiger partial charge on any atom is -0.338 e. The van der Waals surface area contributed by atoms with Crippen LogP contribution in [-0.2, 0) is 4.79 Å². The summed E-state index contributed by atoms with van der Waals surface area (Å²) in [5.41, 5.74) is 2.32. The first kappa shape index (κ1) is 21.6. The lowest BCUT2D eigenvalue weighted by atomic mass is 10.2. The summed E-state index contributed by atoms with van der Waals surface area (Å²) in [6.45, 7) is 5.46. The standard InChI is InChI=1S/C25H27N5O2/c1-20(30-24(31)12-11-23(27-30)22-10-5-13-26-19-22)25(32)29-17-15-28(16-18-29)14-6-9-21-7-3-2-4-8-21/h2-13,19-20H,14-18H2,1H3. The van der Waals surface area contributed by atoms with Crippen molar-refractivity contribution in [3.05, 3.63) is 89.0 Å². The van der Waals surface area contributed by atoms with Crippen LogP contribution in [-0.4, -0.2) is 63.2 Å².